The maximum Gasteiger partial charge on any atom is 0.477 e. The van der Waals surface area contributed by atoms with Gasteiger partial charge in [0.1, 0.15) is 17.8 Å². The number of aliphatic hydroxyl groups excluding tert-OH is 1. The average molecular weight is 591 g/mol. The summed E-state index contributed by atoms with van der Waals surface area (Å²) < 4.78 is 56.6. The summed E-state index contributed by atoms with van der Waals surface area (Å²) in [5.74, 6) is 0.0418. The fraction of sp³-hybridized carbons (Fsp3) is 0.684. The van der Waals surface area contributed by atoms with Gasteiger partial charge < -0.3 is 14.9 Å². The number of carbonyl (C=O) groups is 2. The molecule has 2 unspecified atom stereocenters. The second-order valence-electron chi connectivity index (χ2n) is 7.33. The van der Waals surface area contributed by atoms with Gasteiger partial charge in [0.25, 0.3) is 5.56 Å². The number of phosphoric ester groups is 1. The fourth-order valence-corrected chi connectivity index (χ4v) is 5.01. The molecule has 1 fully saturated rings. The highest BCUT2D eigenvalue weighted by Crippen LogP contribution is 2.51. The van der Waals surface area contributed by atoms with Gasteiger partial charge in [-0.15, -0.1) is 0 Å². The number of aromatic amines is 1. The van der Waals surface area contributed by atoms with Crippen molar-refractivity contribution in [2.24, 2.45) is 0 Å². The molecule has 0 aromatic carbocycles. The van der Waals surface area contributed by atoms with E-state index in [2.05, 4.69) is 4.98 Å². The highest BCUT2D eigenvalue weighted by Gasteiger charge is 2.53. The van der Waals surface area contributed by atoms with Gasteiger partial charge in [0.15, 0.2) is 22.9 Å². The quantitative estimate of drug-likeness (QED) is 0.0946. The zero-order valence-electron chi connectivity index (χ0n) is 21.6. The number of nitrogens with zero attached hydrogens (tertiary/aromatic N) is 1. The molecule has 0 saturated carbocycles. The van der Waals surface area contributed by atoms with Crippen LogP contribution in [0.25, 0.3) is 0 Å². The molecule has 5 atom stereocenters. The van der Waals surface area contributed by atoms with Gasteiger partial charge >= 0.3 is 7.82 Å². The second-order valence-corrected chi connectivity index (χ2v) is 11.3. The van der Waals surface area contributed by atoms with Gasteiger partial charge in [-0.3, -0.25) is 41.7 Å². The average Bonchev–Trinajstić information content (AvgIpc) is 3.08. The molecular weight excluding hydrogens is 559 g/mol. The van der Waals surface area contributed by atoms with E-state index in [0.717, 1.165) is 29.3 Å². The van der Waals surface area contributed by atoms with Crippen molar-refractivity contribution in [1.82, 2.24) is 9.55 Å². The molecule has 1 aliphatic heterocycles. The van der Waals surface area contributed by atoms with Crippen LogP contribution in [-0.4, -0.2) is 73.5 Å². The molecule has 1 saturated heterocycles. The number of hydrogen-bond donors (Lipinski definition) is 3. The summed E-state index contributed by atoms with van der Waals surface area (Å²) >= 11 is 6.38. The number of carbonyl (C=O) groups excluding carboxylic acids is 2. The molecule has 0 amide bonds. The fourth-order valence-electron chi connectivity index (χ4n) is 2.70. The van der Waals surface area contributed by atoms with E-state index in [9.17, 15) is 29.2 Å². The lowest BCUT2D eigenvalue weighted by molar-refractivity contribution is -0.111. The number of rotatable bonds is 14. The van der Waals surface area contributed by atoms with Crippen molar-refractivity contribution >= 4 is 54.1 Å². The molecule has 204 valence electrons. The first-order valence-electron chi connectivity index (χ1n) is 11.6. The van der Waals surface area contributed by atoms with Crippen molar-refractivity contribution in [2.45, 2.75) is 57.6 Å². The van der Waals surface area contributed by atoms with E-state index in [0.29, 0.717) is 12.0 Å². The van der Waals surface area contributed by atoms with Crippen LogP contribution in [0.1, 0.15) is 42.6 Å². The summed E-state index contributed by atoms with van der Waals surface area (Å²) in [6, 6.07) is 1.08. The SMILES string of the molecule is [2H]C([2H])(OP(=O)(OCCSC(=O)CC)OCOSC(=O)CC)[C@H]1O[C@@H](n2ccc(=O)[nH]c2=S)C(C)(O)[C@H]1O. The smallest absolute Gasteiger partial charge is 0.387 e. The Morgan fingerprint density at radius 1 is 1.33 bits per heavy atom. The van der Waals surface area contributed by atoms with E-state index in [1.807, 2.05) is 0 Å². The molecule has 0 radical (unpaired) electrons. The Hall–Kier alpha value is -0.910. The molecule has 17 heteroatoms. The van der Waals surface area contributed by atoms with Crippen LogP contribution in [0.5, 0.6) is 0 Å². The van der Waals surface area contributed by atoms with Crippen molar-refractivity contribution < 1.29 is 49.6 Å². The van der Waals surface area contributed by atoms with Gasteiger partial charge in [0.2, 0.25) is 5.12 Å². The minimum atomic E-state index is -4.80. The van der Waals surface area contributed by atoms with Crippen molar-refractivity contribution in [3.63, 3.8) is 0 Å². The number of H-pyrrole nitrogens is 1. The van der Waals surface area contributed by atoms with Gasteiger partial charge in [0.05, 0.1) is 28.0 Å². The van der Waals surface area contributed by atoms with Crippen LogP contribution in [0.15, 0.2) is 17.1 Å². The first-order chi connectivity index (χ1) is 17.7. The Balaban J connectivity index is 2.23. The number of ether oxygens (including phenoxy) is 1. The molecule has 3 N–H and O–H groups in total. The highest BCUT2D eigenvalue weighted by molar-refractivity contribution is 8.13. The third-order valence-corrected chi connectivity index (χ3v) is 7.86. The standard InChI is InChI=1S/C19H29N2O11PS3/c1-4-14(23)35-9-8-28-33(27,30-11-31-36-15(24)5-2)29-10-12-16(25)19(3,26)17(32-12)21-7-6-13(22)20-18(21)34/h6-7,12,16-17,25-26H,4-5,8-11H2,1-3H3,(H,20,22,34)/t12-,16+,17-,19?,33?/m1/s1/i10D2. The number of phosphoric acid groups is 1. The minimum Gasteiger partial charge on any atom is -0.387 e. The van der Waals surface area contributed by atoms with Crippen LogP contribution in [0.4, 0.5) is 0 Å². The summed E-state index contributed by atoms with van der Waals surface area (Å²) in [4.78, 5) is 36.7. The number of aliphatic hydroxyl groups is 2. The van der Waals surface area contributed by atoms with Crippen LogP contribution < -0.4 is 5.56 Å². The van der Waals surface area contributed by atoms with Gasteiger partial charge in [0, 0.05) is 30.9 Å². The van der Waals surface area contributed by atoms with E-state index in [4.69, 9.17) is 37.5 Å². The lowest BCUT2D eigenvalue weighted by atomic mass is 9.96. The molecule has 1 aliphatic rings. The van der Waals surface area contributed by atoms with Gasteiger partial charge in [-0.2, -0.15) is 0 Å². The summed E-state index contributed by atoms with van der Waals surface area (Å²) in [6.07, 6.45) is -3.79. The maximum atomic E-state index is 13.3. The van der Waals surface area contributed by atoms with E-state index < -0.39 is 50.8 Å². The minimum absolute atomic E-state index is 0.0418. The molecule has 0 aliphatic carbocycles. The molecule has 1 aromatic heterocycles. The second kappa shape index (κ2) is 14.3. The van der Waals surface area contributed by atoms with E-state index in [1.165, 1.54) is 6.20 Å². The Bertz CT molecular complexity index is 1120. The van der Waals surface area contributed by atoms with E-state index in [-0.39, 0.29) is 40.2 Å². The number of thioether (sulfide) groups is 1. The Morgan fingerprint density at radius 3 is 2.67 bits per heavy atom. The molecule has 1 aromatic rings. The molecule has 0 spiro atoms. The number of hydrogen-bond acceptors (Lipinski definition) is 14. The summed E-state index contributed by atoms with van der Waals surface area (Å²) in [6.45, 7) is 0.143. The number of nitrogens with one attached hydrogen (secondary N) is 1. The Morgan fingerprint density at radius 2 is 2.03 bits per heavy atom. The van der Waals surface area contributed by atoms with Crippen LogP contribution in [0, 0.1) is 4.77 Å². The Kier molecular flexibility index (Phi) is 11.2. The molecule has 36 heavy (non-hydrogen) atoms. The van der Waals surface area contributed by atoms with Gasteiger partial charge in [-0.05, 0) is 19.1 Å². The maximum absolute atomic E-state index is 13.3. The van der Waals surface area contributed by atoms with E-state index in [1.54, 1.807) is 13.8 Å². The largest absolute Gasteiger partial charge is 0.477 e. The first kappa shape index (κ1) is 28.1. The van der Waals surface area contributed by atoms with Crippen LogP contribution >= 0.6 is 43.8 Å². The highest BCUT2D eigenvalue weighted by atomic mass is 32.2. The molecule has 0 bridgehead atoms. The lowest BCUT2D eigenvalue weighted by Crippen LogP contribution is -2.44. The third-order valence-electron chi connectivity index (χ3n) is 4.63. The molecule has 13 nitrogen and oxygen atoms in total. The van der Waals surface area contributed by atoms with Crippen molar-refractivity contribution in [3.8, 4) is 0 Å². The van der Waals surface area contributed by atoms with Gasteiger partial charge in [-0.1, -0.05) is 25.6 Å². The summed E-state index contributed by atoms with van der Waals surface area (Å²) in [5.41, 5.74) is -2.68. The summed E-state index contributed by atoms with van der Waals surface area (Å²) in [5, 5.41) is 21.1. The topological polar surface area (TPSA) is 176 Å². The van der Waals surface area contributed by atoms with Crippen LogP contribution in [0.3, 0.4) is 0 Å². The van der Waals surface area contributed by atoms with Crippen LogP contribution in [-0.2, 0) is 36.6 Å². The lowest BCUT2D eigenvalue weighted by Gasteiger charge is -2.28. The molecular formula is C19H29N2O11PS3. The first-order valence-corrected chi connectivity index (χ1v) is 14.2. The monoisotopic (exact) mass is 590 g/mol. The zero-order valence-corrected chi connectivity index (χ0v) is 23.0. The number of aromatic nitrogens is 2. The van der Waals surface area contributed by atoms with Crippen molar-refractivity contribution in [3.05, 3.63) is 27.4 Å². The van der Waals surface area contributed by atoms with Gasteiger partial charge in [-0.25, -0.2) is 4.57 Å². The predicted octanol–water partition coefficient (Wildman–Crippen LogP) is 2.30. The third kappa shape index (κ3) is 8.84. The summed E-state index contributed by atoms with van der Waals surface area (Å²) in [7, 11) is -4.80. The Labute approximate surface area is 223 Å². The zero-order chi connectivity index (χ0) is 28.7. The normalized spacial score (nSPS) is 26.8. The van der Waals surface area contributed by atoms with Crippen molar-refractivity contribution in [2.75, 3.05) is 25.7 Å². The van der Waals surface area contributed by atoms with Crippen LogP contribution in [0.2, 0.25) is 0 Å². The molecule has 2 heterocycles. The van der Waals surface area contributed by atoms with Crippen molar-refractivity contribution in [1.29, 1.82) is 0 Å². The molecule has 2 rings (SSSR count). The predicted molar refractivity (Wildman–Crippen MR) is 134 cm³/mol. The van der Waals surface area contributed by atoms with E-state index >= 15 is 0 Å².